The molecule has 0 fully saturated rings. The minimum absolute atomic E-state index is 0.373. The quantitative estimate of drug-likeness (QED) is 0.503. The third-order valence-electron chi connectivity index (χ3n) is 2.19. The van der Waals surface area contributed by atoms with Gasteiger partial charge in [-0.25, -0.2) is 4.79 Å². The van der Waals surface area contributed by atoms with E-state index in [9.17, 15) is 4.79 Å². The number of carbonyl (C=O) groups is 1. The lowest BCUT2D eigenvalue weighted by molar-refractivity contribution is 0.00691. The Hall–Kier alpha value is -1.75. The molecule has 19 heavy (non-hydrogen) atoms. The maximum absolute atomic E-state index is 11.9. The predicted molar refractivity (Wildman–Crippen MR) is 73.4 cm³/mol. The Morgan fingerprint density at radius 1 is 1.26 bits per heavy atom. The smallest absolute Gasteiger partial charge is 0.338 e. The number of hydrogen-bond acceptors (Lipinski definition) is 5. The Labute approximate surface area is 113 Å². The summed E-state index contributed by atoms with van der Waals surface area (Å²) in [4.78, 5) is 11.9. The summed E-state index contributed by atoms with van der Waals surface area (Å²) < 4.78 is 15.6. The molecule has 0 radical (unpaired) electrons. The third-order valence-corrected chi connectivity index (χ3v) is 2.19. The van der Waals surface area contributed by atoms with Crippen molar-refractivity contribution in [1.29, 1.82) is 0 Å². The molecule has 5 nitrogen and oxygen atoms in total. The van der Waals surface area contributed by atoms with E-state index >= 15 is 0 Å². The van der Waals surface area contributed by atoms with Crippen LogP contribution < -0.4 is 10.5 Å². The minimum Gasteiger partial charge on any atom is -0.489 e. The highest BCUT2D eigenvalue weighted by molar-refractivity contribution is 5.91. The molecule has 0 spiro atoms. The van der Waals surface area contributed by atoms with Crippen LogP contribution in [0.5, 0.6) is 5.75 Å². The number of methoxy groups -OCH3 is 1. The lowest BCUT2D eigenvalue weighted by Gasteiger charge is -2.19. The first-order valence-electron chi connectivity index (χ1n) is 6.08. The SMILES string of the molecule is COCCOc1cc(C(=O)OC(C)(C)C)ccc1N. The molecule has 0 unspecified atom stereocenters. The van der Waals surface area contributed by atoms with E-state index in [0.29, 0.717) is 30.2 Å². The summed E-state index contributed by atoms with van der Waals surface area (Å²) in [5.41, 5.74) is 6.14. The van der Waals surface area contributed by atoms with Crippen molar-refractivity contribution in [3.05, 3.63) is 23.8 Å². The second-order valence-corrected chi connectivity index (χ2v) is 5.10. The number of esters is 1. The molecule has 0 aliphatic carbocycles. The molecule has 1 aromatic carbocycles. The summed E-state index contributed by atoms with van der Waals surface area (Å²) >= 11 is 0. The highest BCUT2D eigenvalue weighted by Crippen LogP contribution is 2.24. The van der Waals surface area contributed by atoms with E-state index in [0.717, 1.165) is 0 Å². The number of ether oxygens (including phenoxy) is 3. The van der Waals surface area contributed by atoms with Crippen LogP contribution >= 0.6 is 0 Å². The summed E-state index contributed by atoms with van der Waals surface area (Å²) in [6.45, 7) is 6.28. The van der Waals surface area contributed by atoms with Gasteiger partial charge < -0.3 is 19.9 Å². The molecule has 1 rings (SSSR count). The van der Waals surface area contributed by atoms with Crippen LogP contribution in [-0.2, 0) is 9.47 Å². The number of rotatable bonds is 5. The average Bonchev–Trinajstić information content (AvgIpc) is 2.29. The predicted octanol–water partition coefficient (Wildman–Crippen LogP) is 2.25. The molecular weight excluding hydrogens is 246 g/mol. The van der Waals surface area contributed by atoms with Gasteiger partial charge in [0.2, 0.25) is 0 Å². The lowest BCUT2D eigenvalue weighted by atomic mass is 10.1. The number of nitrogen functional groups attached to an aromatic ring is 1. The summed E-state index contributed by atoms with van der Waals surface area (Å²) in [5, 5.41) is 0. The van der Waals surface area contributed by atoms with Crippen molar-refractivity contribution in [1.82, 2.24) is 0 Å². The normalized spacial score (nSPS) is 11.2. The molecule has 0 aliphatic rings. The average molecular weight is 267 g/mol. The Bertz CT molecular complexity index is 438. The van der Waals surface area contributed by atoms with Crippen LogP contribution in [-0.4, -0.2) is 31.9 Å². The van der Waals surface area contributed by atoms with E-state index in [1.165, 1.54) is 0 Å². The van der Waals surface area contributed by atoms with E-state index in [2.05, 4.69) is 0 Å². The second kappa shape index (κ2) is 6.43. The van der Waals surface area contributed by atoms with Gasteiger partial charge in [-0.1, -0.05) is 0 Å². The maximum atomic E-state index is 11.9. The molecule has 0 atom stereocenters. The zero-order chi connectivity index (χ0) is 14.5. The Morgan fingerprint density at radius 3 is 2.53 bits per heavy atom. The fourth-order valence-electron chi connectivity index (χ4n) is 1.36. The van der Waals surface area contributed by atoms with Gasteiger partial charge in [0.05, 0.1) is 17.9 Å². The summed E-state index contributed by atoms with van der Waals surface area (Å²) in [5.74, 6) is 0.0597. The largest absolute Gasteiger partial charge is 0.489 e. The standard InChI is InChI=1S/C14H21NO4/c1-14(2,3)19-13(16)10-5-6-11(15)12(9-10)18-8-7-17-4/h5-6,9H,7-8,15H2,1-4H3. The van der Waals surface area contributed by atoms with E-state index in [1.807, 2.05) is 20.8 Å². The van der Waals surface area contributed by atoms with Gasteiger partial charge in [0.15, 0.2) is 0 Å². The molecule has 0 bridgehead atoms. The van der Waals surface area contributed by atoms with Crippen molar-refractivity contribution in [3.63, 3.8) is 0 Å². The van der Waals surface area contributed by atoms with Crippen LogP contribution in [0.2, 0.25) is 0 Å². The van der Waals surface area contributed by atoms with E-state index < -0.39 is 11.6 Å². The molecule has 106 valence electrons. The summed E-state index contributed by atoms with van der Waals surface area (Å²) in [7, 11) is 1.59. The molecular formula is C14H21NO4. The molecule has 1 aromatic rings. The van der Waals surface area contributed by atoms with Crippen LogP contribution in [0, 0.1) is 0 Å². The fourth-order valence-corrected chi connectivity index (χ4v) is 1.36. The summed E-state index contributed by atoms with van der Waals surface area (Å²) in [6, 6.07) is 4.83. The highest BCUT2D eigenvalue weighted by Gasteiger charge is 2.18. The fraction of sp³-hybridized carbons (Fsp3) is 0.500. The lowest BCUT2D eigenvalue weighted by Crippen LogP contribution is -2.24. The zero-order valence-electron chi connectivity index (χ0n) is 11.9. The van der Waals surface area contributed by atoms with Gasteiger partial charge in [-0.05, 0) is 39.0 Å². The van der Waals surface area contributed by atoms with Crippen LogP contribution in [0.3, 0.4) is 0 Å². The van der Waals surface area contributed by atoms with Gasteiger partial charge in [-0.15, -0.1) is 0 Å². The molecule has 2 N–H and O–H groups in total. The van der Waals surface area contributed by atoms with E-state index in [1.54, 1.807) is 25.3 Å². The molecule has 5 heteroatoms. The van der Waals surface area contributed by atoms with Gasteiger partial charge in [-0.3, -0.25) is 0 Å². The first kappa shape index (κ1) is 15.3. The molecule has 0 saturated carbocycles. The van der Waals surface area contributed by atoms with E-state index in [-0.39, 0.29) is 0 Å². The van der Waals surface area contributed by atoms with Crippen molar-refractivity contribution in [2.24, 2.45) is 0 Å². The van der Waals surface area contributed by atoms with Crippen LogP contribution in [0.1, 0.15) is 31.1 Å². The maximum Gasteiger partial charge on any atom is 0.338 e. The first-order chi connectivity index (χ1) is 8.83. The number of carbonyl (C=O) groups excluding carboxylic acids is 1. The Balaban J connectivity index is 2.80. The number of benzene rings is 1. The van der Waals surface area contributed by atoms with Gasteiger partial charge in [0, 0.05) is 7.11 Å². The van der Waals surface area contributed by atoms with Crippen LogP contribution in [0.25, 0.3) is 0 Å². The van der Waals surface area contributed by atoms with Crippen molar-refractivity contribution in [3.8, 4) is 5.75 Å². The Morgan fingerprint density at radius 2 is 1.95 bits per heavy atom. The first-order valence-corrected chi connectivity index (χ1v) is 6.08. The number of anilines is 1. The summed E-state index contributed by atoms with van der Waals surface area (Å²) in [6.07, 6.45) is 0. The van der Waals surface area contributed by atoms with Crippen molar-refractivity contribution >= 4 is 11.7 Å². The second-order valence-electron chi connectivity index (χ2n) is 5.10. The molecule has 0 aliphatic heterocycles. The monoisotopic (exact) mass is 267 g/mol. The topological polar surface area (TPSA) is 70.8 Å². The van der Waals surface area contributed by atoms with Crippen molar-refractivity contribution < 1.29 is 19.0 Å². The van der Waals surface area contributed by atoms with Gasteiger partial charge in [0.25, 0.3) is 0 Å². The van der Waals surface area contributed by atoms with Crippen LogP contribution in [0.15, 0.2) is 18.2 Å². The van der Waals surface area contributed by atoms with Gasteiger partial charge in [0.1, 0.15) is 18.0 Å². The van der Waals surface area contributed by atoms with Crippen LogP contribution in [0.4, 0.5) is 5.69 Å². The minimum atomic E-state index is -0.532. The third kappa shape index (κ3) is 5.18. The Kier molecular flexibility index (Phi) is 5.18. The molecule has 0 aromatic heterocycles. The number of nitrogens with two attached hydrogens (primary N) is 1. The van der Waals surface area contributed by atoms with E-state index in [4.69, 9.17) is 19.9 Å². The molecule has 0 amide bonds. The molecule has 0 saturated heterocycles. The molecule has 0 heterocycles. The van der Waals surface area contributed by atoms with Gasteiger partial charge in [-0.2, -0.15) is 0 Å². The zero-order valence-corrected chi connectivity index (χ0v) is 11.9. The highest BCUT2D eigenvalue weighted by atomic mass is 16.6. The number of hydrogen-bond donors (Lipinski definition) is 1. The van der Waals surface area contributed by atoms with Crippen molar-refractivity contribution in [2.45, 2.75) is 26.4 Å². The van der Waals surface area contributed by atoms with Gasteiger partial charge >= 0.3 is 5.97 Å². The van der Waals surface area contributed by atoms with Crippen molar-refractivity contribution in [2.75, 3.05) is 26.1 Å².